The molecule has 4 saturated carbocycles. The van der Waals surface area contributed by atoms with E-state index in [4.69, 9.17) is 4.74 Å². The van der Waals surface area contributed by atoms with E-state index in [1.807, 2.05) is 36.6 Å². The quantitative estimate of drug-likeness (QED) is 0.749. The highest BCUT2D eigenvalue weighted by atomic mass is 32.1. The predicted molar refractivity (Wildman–Crippen MR) is 111 cm³/mol. The van der Waals surface area contributed by atoms with Crippen LogP contribution in [0.2, 0.25) is 0 Å². The Morgan fingerprint density at radius 2 is 1.86 bits per heavy atom. The fourth-order valence-electron chi connectivity index (χ4n) is 6.28. The number of nitrogens with one attached hydrogen (secondary N) is 1. The van der Waals surface area contributed by atoms with Gasteiger partial charge in [0.2, 0.25) is 0 Å². The smallest absolute Gasteiger partial charge is 0.255 e. The van der Waals surface area contributed by atoms with Gasteiger partial charge in [0.1, 0.15) is 12.4 Å². The van der Waals surface area contributed by atoms with Gasteiger partial charge in [0.05, 0.1) is 16.3 Å². The van der Waals surface area contributed by atoms with Crippen molar-refractivity contribution >= 4 is 17.2 Å². The van der Waals surface area contributed by atoms with Gasteiger partial charge in [-0.15, -0.1) is 11.3 Å². The van der Waals surface area contributed by atoms with Gasteiger partial charge < -0.3 is 10.1 Å². The van der Waals surface area contributed by atoms with Crippen LogP contribution in [-0.2, 0) is 6.61 Å². The van der Waals surface area contributed by atoms with E-state index in [-0.39, 0.29) is 5.91 Å². The van der Waals surface area contributed by atoms with Crippen molar-refractivity contribution in [2.24, 2.45) is 23.2 Å². The molecule has 4 bridgehead atoms. The normalized spacial score (nSPS) is 30.4. The lowest BCUT2D eigenvalue weighted by molar-refractivity contribution is -0.0503. The van der Waals surface area contributed by atoms with Gasteiger partial charge in [-0.1, -0.05) is 12.1 Å². The number of ether oxygens (including phenoxy) is 1. The maximum atomic E-state index is 13.0. The van der Waals surface area contributed by atoms with Crippen molar-refractivity contribution in [3.8, 4) is 5.75 Å². The van der Waals surface area contributed by atoms with Gasteiger partial charge in [0, 0.05) is 11.9 Å². The molecule has 1 N–H and O–H groups in total. The van der Waals surface area contributed by atoms with Crippen LogP contribution in [0, 0.1) is 30.1 Å². The van der Waals surface area contributed by atoms with Gasteiger partial charge in [0.25, 0.3) is 5.91 Å². The van der Waals surface area contributed by atoms with Gasteiger partial charge in [-0.25, -0.2) is 4.98 Å². The summed E-state index contributed by atoms with van der Waals surface area (Å²) in [5.74, 6) is 3.33. The number of hydrogen-bond donors (Lipinski definition) is 1. The second kappa shape index (κ2) is 7.18. The molecule has 4 nitrogen and oxygen atoms in total. The SMILES string of the molecule is Cc1nc(COc2ccccc2C(=O)NCC23CC4CC(CC(C4)C2)C3)cs1. The molecule has 0 aliphatic heterocycles. The number of benzene rings is 1. The average Bonchev–Trinajstić information content (AvgIpc) is 3.09. The molecule has 4 fully saturated rings. The highest BCUT2D eigenvalue weighted by Gasteiger charge is 2.50. The number of rotatable bonds is 6. The van der Waals surface area contributed by atoms with E-state index in [9.17, 15) is 4.79 Å². The minimum Gasteiger partial charge on any atom is -0.486 e. The minimum absolute atomic E-state index is 0.0131. The zero-order chi connectivity index (χ0) is 19.1. The molecular weight excluding hydrogens is 368 g/mol. The van der Waals surface area contributed by atoms with Gasteiger partial charge in [-0.3, -0.25) is 4.79 Å². The Morgan fingerprint density at radius 3 is 2.50 bits per heavy atom. The van der Waals surface area contributed by atoms with E-state index >= 15 is 0 Å². The van der Waals surface area contributed by atoms with Crippen LogP contribution < -0.4 is 10.1 Å². The summed E-state index contributed by atoms with van der Waals surface area (Å²) in [5, 5.41) is 6.30. The van der Waals surface area contributed by atoms with Gasteiger partial charge in [-0.2, -0.15) is 0 Å². The molecule has 1 aromatic heterocycles. The number of amides is 1. The fraction of sp³-hybridized carbons (Fsp3) is 0.565. The van der Waals surface area contributed by atoms with Gasteiger partial charge in [0.15, 0.2) is 0 Å². The molecule has 1 amide bonds. The number of aromatic nitrogens is 1. The van der Waals surface area contributed by atoms with Gasteiger partial charge in [-0.05, 0) is 80.8 Å². The highest BCUT2D eigenvalue weighted by Crippen LogP contribution is 2.59. The standard InChI is InChI=1S/C23H28N2O2S/c1-15-25-19(13-28-15)12-27-21-5-3-2-4-20(21)22(26)24-14-23-9-16-6-17(10-23)8-18(7-16)11-23/h2-5,13,16-18H,6-12,14H2,1H3,(H,24,26). The Labute approximate surface area is 170 Å². The number of carbonyl (C=O) groups excluding carboxylic acids is 1. The number of nitrogens with zero attached hydrogens (tertiary/aromatic N) is 1. The summed E-state index contributed by atoms with van der Waals surface area (Å²) in [6, 6.07) is 7.55. The highest BCUT2D eigenvalue weighted by molar-refractivity contribution is 7.09. The van der Waals surface area contributed by atoms with E-state index in [1.54, 1.807) is 11.3 Å². The number of aryl methyl sites for hydroxylation is 1. The van der Waals surface area contributed by atoms with Crippen molar-refractivity contribution in [3.63, 3.8) is 0 Å². The molecule has 4 aliphatic rings. The maximum absolute atomic E-state index is 13.0. The summed E-state index contributed by atoms with van der Waals surface area (Å²) in [6.45, 7) is 3.19. The zero-order valence-electron chi connectivity index (χ0n) is 16.4. The number of carbonyl (C=O) groups is 1. The monoisotopic (exact) mass is 396 g/mol. The first-order chi connectivity index (χ1) is 13.6. The first kappa shape index (κ1) is 18.2. The lowest BCUT2D eigenvalue weighted by Gasteiger charge is -2.56. The number of hydrogen-bond acceptors (Lipinski definition) is 4. The van der Waals surface area contributed by atoms with Crippen molar-refractivity contribution in [2.75, 3.05) is 6.54 Å². The zero-order valence-corrected chi connectivity index (χ0v) is 17.3. The van der Waals surface area contributed by atoms with Gasteiger partial charge >= 0.3 is 0 Å². The van der Waals surface area contributed by atoms with Crippen molar-refractivity contribution in [3.05, 3.63) is 45.9 Å². The third-order valence-electron chi connectivity index (χ3n) is 6.96. The molecule has 28 heavy (non-hydrogen) atoms. The molecule has 1 heterocycles. The summed E-state index contributed by atoms with van der Waals surface area (Å²) >= 11 is 1.61. The van der Waals surface area contributed by atoms with Crippen LogP contribution in [0.25, 0.3) is 0 Å². The lowest BCUT2D eigenvalue weighted by Crippen LogP contribution is -2.51. The largest absolute Gasteiger partial charge is 0.486 e. The van der Waals surface area contributed by atoms with Crippen molar-refractivity contribution in [1.29, 1.82) is 0 Å². The Kier molecular flexibility index (Phi) is 4.66. The average molecular weight is 397 g/mol. The molecule has 1 aromatic carbocycles. The third-order valence-corrected chi connectivity index (χ3v) is 7.79. The molecule has 0 spiro atoms. The van der Waals surface area contributed by atoms with Crippen molar-refractivity contribution in [1.82, 2.24) is 10.3 Å². The molecule has 2 aromatic rings. The molecule has 5 heteroatoms. The van der Waals surface area contributed by atoms with Crippen molar-refractivity contribution in [2.45, 2.75) is 52.1 Å². The molecule has 4 aliphatic carbocycles. The van der Waals surface area contributed by atoms with Crippen LogP contribution in [-0.4, -0.2) is 17.4 Å². The molecule has 148 valence electrons. The summed E-state index contributed by atoms with van der Waals surface area (Å²) < 4.78 is 5.94. The van der Waals surface area contributed by atoms with E-state index in [0.717, 1.165) is 35.0 Å². The molecule has 0 saturated heterocycles. The number of thiazole rings is 1. The molecule has 0 atom stereocenters. The van der Waals surface area contributed by atoms with E-state index in [2.05, 4.69) is 10.3 Å². The van der Waals surface area contributed by atoms with E-state index in [0.29, 0.717) is 23.3 Å². The Hall–Kier alpha value is -1.88. The topological polar surface area (TPSA) is 51.2 Å². The fourth-order valence-corrected chi connectivity index (χ4v) is 6.87. The summed E-state index contributed by atoms with van der Waals surface area (Å²) in [6.07, 6.45) is 8.21. The summed E-state index contributed by atoms with van der Waals surface area (Å²) in [7, 11) is 0. The lowest BCUT2D eigenvalue weighted by atomic mass is 9.49. The molecular formula is C23H28N2O2S. The van der Waals surface area contributed by atoms with Crippen LogP contribution in [0.15, 0.2) is 29.6 Å². The summed E-state index contributed by atoms with van der Waals surface area (Å²) in [4.78, 5) is 17.4. The molecule has 6 rings (SSSR count). The Balaban J connectivity index is 1.24. The molecule has 0 unspecified atom stereocenters. The van der Waals surface area contributed by atoms with Crippen LogP contribution >= 0.6 is 11.3 Å². The van der Waals surface area contributed by atoms with Crippen molar-refractivity contribution < 1.29 is 9.53 Å². The minimum atomic E-state index is -0.0131. The first-order valence-electron chi connectivity index (χ1n) is 10.5. The van der Waals surface area contributed by atoms with Crippen LogP contribution in [0.5, 0.6) is 5.75 Å². The predicted octanol–water partition coefficient (Wildman–Crippen LogP) is 4.98. The second-order valence-electron chi connectivity index (χ2n) is 9.24. The van der Waals surface area contributed by atoms with Crippen LogP contribution in [0.3, 0.4) is 0 Å². The summed E-state index contributed by atoms with van der Waals surface area (Å²) in [5.41, 5.74) is 1.88. The van der Waals surface area contributed by atoms with Crippen LogP contribution in [0.1, 0.15) is 59.6 Å². The first-order valence-corrected chi connectivity index (χ1v) is 11.4. The Morgan fingerprint density at radius 1 is 1.18 bits per heavy atom. The number of para-hydroxylation sites is 1. The van der Waals surface area contributed by atoms with E-state index < -0.39 is 0 Å². The van der Waals surface area contributed by atoms with Crippen LogP contribution in [0.4, 0.5) is 0 Å². The molecule has 0 radical (unpaired) electrons. The maximum Gasteiger partial charge on any atom is 0.255 e. The van der Waals surface area contributed by atoms with E-state index in [1.165, 1.54) is 38.5 Å². The third kappa shape index (κ3) is 3.57. The Bertz CT molecular complexity index is 840. The second-order valence-corrected chi connectivity index (χ2v) is 10.3.